The summed E-state index contributed by atoms with van der Waals surface area (Å²) < 4.78 is 5.00. The second kappa shape index (κ2) is 6.62. The molecule has 1 rings (SSSR count). The SMILES string of the molecule is CCOC(=O)C1CCN(C(=O)C(C)CC)CC1. The number of piperidine rings is 1. The zero-order valence-electron chi connectivity index (χ0n) is 11.1. The van der Waals surface area contributed by atoms with Crippen LogP contribution in [0, 0.1) is 11.8 Å². The van der Waals surface area contributed by atoms with Crippen LogP contribution in [0.3, 0.4) is 0 Å². The Kier molecular flexibility index (Phi) is 5.45. The van der Waals surface area contributed by atoms with Crippen LogP contribution in [0.5, 0.6) is 0 Å². The molecule has 0 aromatic rings. The molecule has 0 radical (unpaired) electrons. The van der Waals surface area contributed by atoms with E-state index < -0.39 is 0 Å². The molecule has 98 valence electrons. The van der Waals surface area contributed by atoms with Crippen LogP contribution in [0.4, 0.5) is 0 Å². The molecule has 1 amide bonds. The highest BCUT2D eigenvalue weighted by molar-refractivity contribution is 5.79. The van der Waals surface area contributed by atoms with E-state index in [-0.39, 0.29) is 23.7 Å². The third kappa shape index (κ3) is 3.72. The van der Waals surface area contributed by atoms with Crippen molar-refractivity contribution < 1.29 is 14.3 Å². The zero-order valence-corrected chi connectivity index (χ0v) is 11.1. The van der Waals surface area contributed by atoms with Gasteiger partial charge in [-0.2, -0.15) is 0 Å². The van der Waals surface area contributed by atoms with Crippen LogP contribution in [0.2, 0.25) is 0 Å². The van der Waals surface area contributed by atoms with Crippen LogP contribution in [0.1, 0.15) is 40.0 Å². The summed E-state index contributed by atoms with van der Waals surface area (Å²) in [6, 6.07) is 0. The third-order valence-electron chi connectivity index (χ3n) is 3.46. The lowest BCUT2D eigenvalue weighted by Gasteiger charge is -2.32. The van der Waals surface area contributed by atoms with E-state index in [1.165, 1.54) is 0 Å². The summed E-state index contributed by atoms with van der Waals surface area (Å²) in [7, 11) is 0. The first-order valence-corrected chi connectivity index (χ1v) is 6.55. The Morgan fingerprint density at radius 3 is 2.35 bits per heavy atom. The number of esters is 1. The number of hydrogen-bond acceptors (Lipinski definition) is 3. The van der Waals surface area contributed by atoms with E-state index in [9.17, 15) is 9.59 Å². The largest absolute Gasteiger partial charge is 0.466 e. The summed E-state index contributed by atoms with van der Waals surface area (Å²) >= 11 is 0. The molecule has 0 aromatic heterocycles. The van der Waals surface area contributed by atoms with Gasteiger partial charge in [0.15, 0.2) is 0 Å². The van der Waals surface area contributed by atoms with Gasteiger partial charge in [-0.05, 0) is 26.2 Å². The minimum atomic E-state index is -0.108. The Balaban J connectivity index is 2.40. The Morgan fingerprint density at radius 1 is 1.29 bits per heavy atom. The van der Waals surface area contributed by atoms with E-state index in [0.29, 0.717) is 19.7 Å². The first-order valence-electron chi connectivity index (χ1n) is 6.55. The summed E-state index contributed by atoms with van der Waals surface area (Å²) in [5, 5.41) is 0. The molecule has 1 aliphatic rings. The van der Waals surface area contributed by atoms with Crippen molar-refractivity contribution in [2.24, 2.45) is 11.8 Å². The Morgan fingerprint density at radius 2 is 1.88 bits per heavy atom. The van der Waals surface area contributed by atoms with Crippen molar-refractivity contribution in [2.45, 2.75) is 40.0 Å². The quantitative estimate of drug-likeness (QED) is 0.705. The summed E-state index contributed by atoms with van der Waals surface area (Å²) in [4.78, 5) is 25.4. The molecule has 0 N–H and O–H groups in total. The van der Waals surface area contributed by atoms with E-state index >= 15 is 0 Å². The molecule has 1 unspecified atom stereocenters. The molecule has 17 heavy (non-hydrogen) atoms. The van der Waals surface area contributed by atoms with Crippen molar-refractivity contribution in [3.63, 3.8) is 0 Å². The number of ether oxygens (including phenoxy) is 1. The topological polar surface area (TPSA) is 46.6 Å². The van der Waals surface area contributed by atoms with Gasteiger partial charge in [0.1, 0.15) is 0 Å². The van der Waals surface area contributed by atoms with Gasteiger partial charge in [0.2, 0.25) is 5.91 Å². The maximum absolute atomic E-state index is 11.9. The molecule has 4 heteroatoms. The minimum Gasteiger partial charge on any atom is -0.466 e. The lowest BCUT2D eigenvalue weighted by molar-refractivity contribution is -0.151. The predicted molar refractivity (Wildman–Crippen MR) is 65.4 cm³/mol. The molecule has 1 fully saturated rings. The molecule has 0 saturated carbocycles. The number of carbonyl (C=O) groups is 2. The number of amides is 1. The average molecular weight is 241 g/mol. The third-order valence-corrected chi connectivity index (χ3v) is 3.46. The maximum Gasteiger partial charge on any atom is 0.309 e. The number of carbonyl (C=O) groups excluding carboxylic acids is 2. The molecule has 1 heterocycles. The molecular weight excluding hydrogens is 218 g/mol. The fraction of sp³-hybridized carbons (Fsp3) is 0.846. The fourth-order valence-electron chi connectivity index (χ4n) is 2.08. The Labute approximate surface area is 103 Å². The van der Waals surface area contributed by atoms with Gasteiger partial charge in [-0.25, -0.2) is 0 Å². The Bertz CT molecular complexity index is 270. The molecule has 0 spiro atoms. The van der Waals surface area contributed by atoms with Crippen LogP contribution in [0.25, 0.3) is 0 Å². The smallest absolute Gasteiger partial charge is 0.309 e. The van der Waals surface area contributed by atoms with E-state index in [4.69, 9.17) is 4.74 Å². The van der Waals surface area contributed by atoms with Gasteiger partial charge in [0, 0.05) is 19.0 Å². The van der Waals surface area contributed by atoms with Crippen LogP contribution >= 0.6 is 0 Å². The highest BCUT2D eigenvalue weighted by Gasteiger charge is 2.29. The van der Waals surface area contributed by atoms with Crippen LogP contribution in [0.15, 0.2) is 0 Å². The van der Waals surface area contributed by atoms with Crippen LogP contribution in [-0.4, -0.2) is 36.5 Å². The van der Waals surface area contributed by atoms with Gasteiger partial charge in [-0.3, -0.25) is 9.59 Å². The van der Waals surface area contributed by atoms with Crippen molar-refractivity contribution in [1.82, 2.24) is 4.90 Å². The second-order valence-corrected chi connectivity index (χ2v) is 4.66. The van der Waals surface area contributed by atoms with E-state index in [1.807, 2.05) is 25.7 Å². The first-order chi connectivity index (χ1) is 8.10. The highest BCUT2D eigenvalue weighted by Crippen LogP contribution is 2.20. The molecule has 0 bridgehead atoms. The monoisotopic (exact) mass is 241 g/mol. The standard InChI is InChI=1S/C13H23NO3/c1-4-10(3)12(15)14-8-6-11(7-9-14)13(16)17-5-2/h10-11H,4-9H2,1-3H3. The van der Waals surface area contributed by atoms with E-state index in [1.54, 1.807) is 0 Å². The van der Waals surface area contributed by atoms with Crippen molar-refractivity contribution in [2.75, 3.05) is 19.7 Å². The molecule has 0 aliphatic carbocycles. The molecule has 1 aliphatic heterocycles. The van der Waals surface area contributed by atoms with Gasteiger partial charge >= 0.3 is 5.97 Å². The predicted octanol–water partition coefficient (Wildman–Crippen LogP) is 1.83. The summed E-state index contributed by atoms with van der Waals surface area (Å²) in [5.41, 5.74) is 0. The highest BCUT2D eigenvalue weighted by atomic mass is 16.5. The number of rotatable bonds is 4. The van der Waals surface area contributed by atoms with Crippen molar-refractivity contribution in [1.29, 1.82) is 0 Å². The van der Waals surface area contributed by atoms with E-state index in [0.717, 1.165) is 19.3 Å². The maximum atomic E-state index is 11.9. The van der Waals surface area contributed by atoms with E-state index in [2.05, 4.69) is 0 Å². The van der Waals surface area contributed by atoms with Crippen LogP contribution < -0.4 is 0 Å². The number of hydrogen-bond donors (Lipinski definition) is 0. The normalized spacial score (nSPS) is 18.9. The second-order valence-electron chi connectivity index (χ2n) is 4.66. The average Bonchev–Trinajstić information content (AvgIpc) is 2.37. The Hall–Kier alpha value is -1.06. The summed E-state index contributed by atoms with van der Waals surface area (Å²) in [5.74, 6) is 0.183. The lowest BCUT2D eigenvalue weighted by Crippen LogP contribution is -2.42. The van der Waals surface area contributed by atoms with Gasteiger partial charge < -0.3 is 9.64 Å². The van der Waals surface area contributed by atoms with Crippen molar-refractivity contribution >= 4 is 11.9 Å². The van der Waals surface area contributed by atoms with Crippen LogP contribution in [-0.2, 0) is 14.3 Å². The molecule has 1 saturated heterocycles. The molecule has 0 aromatic carbocycles. The molecular formula is C13H23NO3. The zero-order chi connectivity index (χ0) is 12.8. The summed E-state index contributed by atoms with van der Waals surface area (Å²) in [6.45, 7) is 7.61. The van der Waals surface area contributed by atoms with Crippen molar-refractivity contribution in [3.05, 3.63) is 0 Å². The lowest BCUT2D eigenvalue weighted by atomic mass is 9.95. The molecule has 1 atom stereocenters. The molecule has 4 nitrogen and oxygen atoms in total. The van der Waals surface area contributed by atoms with Gasteiger partial charge in [0.05, 0.1) is 12.5 Å². The summed E-state index contributed by atoms with van der Waals surface area (Å²) in [6.07, 6.45) is 2.35. The van der Waals surface area contributed by atoms with Gasteiger partial charge in [-0.1, -0.05) is 13.8 Å². The minimum absolute atomic E-state index is 0.0177. The fourth-order valence-corrected chi connectivity index (χ4v) is 2.08. The van der Waals surface area contributed by atoms with Gasteiger partial charge in [0.25, 0.3) is 0 Å². The first kappa shape index (κ1) is 14.0. The van der Waals surface area contributed by atoms with Gasteiger partial charge in [-0.15, -0.1) is 0 Å². The van der Waals surface area contributed by atoms with Crippen molar-refractivity contribution in [3.8, 4) is 0 Å². The number of likely N-dealkylation sites (tertiary alicyclic amines) is 1. The number of nitrogens with zero attached hydrogens (tertiary/aromatic N) is 1.